The largest absolute Gasteiger partial charge is 0.444 e. The number of anilines is 1. The zero-order valence-corrected chi connectivity index (χ0v) is 14.6. The van der Waals surface area contributed by atoms with Gasteiger partial charge in [-0.3, -0.25) is 14.7 Å². The van der Waals surface area contributed by atoms with Crippen LogP contribution in [-0.2, 0) is 22.7 Å². The van der Waals surface area contributed by atoms with Crippen molar-refractivity contribution in [3.8, 4) is 10.6 Å². The van der Waals surface area contributed by atoms with Gasteiger partial charge in [0.1, 0.15) is 18.6 Å². The van der Waals surface area contributed by atoms with Crippen LogP contribution in [0.5, 0.6) is 0 Å². The second kappa shape index (κ2) is 8.26. The van der Waals surface area contributed by atoms with Crippen LogP contribution in [0.3, 0.4) is 0 Å². The zero-order chi connectivity index (χ0) is 18.4. The number of nitrogens with one attached hydrogen (secondary N) is 1. The number of thiophene rings is 1. The fourth-order valence-electron chi connectivity index (χ4n) is 2.44. The Morgan fingerprint density at radius 1 is 1.12 bits per heavy atom. The van der Waals surface area contributed by atoms with Crippen molar-refractivity contribution in [3.05, 3.63) is 75.9 Å². The first-order chi connectivity index (χ1) is 12.7. The van der Waals surface area contributed by atoms with Crippen LogP contribution in [0, 0.1) is 0 Å². The Balaban J connectivity index is 1.77. The van der Waals surface area contributed by atoms with Crippen molar-refractivity contribution in [2.75, 3.05) is 5.32 Å². The van der Waals surface area contributed by atoms with E-state index in [0.29, 0.717) is 12.0 Å². The van der Waals surface area contributed by atoms with Gasteiger partial charge >= 0.3 is 6.09 Å². The Morgan fingerprint density at radius 2 is 1.92 bits per heavy atom. The van der Waals surface area contributed by atoms with E-state index in [1.54, 1.807) is 6.07 Å². The molecule has 7 heteroatoms. The highest BCUT2D eigenvalue weighted by atomic mass is 32.1. The molecule has 1 aromatic carbocycles. The van der Waals surface area contributed by atoms with Gasteiger partial charge in [0.15, 0.2) is 0 Å². The topological polar surface area (TPSA) is 77.4 Å². The van der Waals surface area contributed by atoms with Gasteiger partial charge in [0, 0.05) is 0 Å². The maximum absolute atomic E-state index is 12.6. The van der Waals surface area contributed by atoms with E-state index in [9.17, 15) is 14.4 Å². The molecule has 0 aliphatic heterocycles. The molecule has 0 bridgehead atoms. The molecule has 26 heavy (non-hydrogen) atoms. The SMILES string of the molecule is O=CCn1c(-c2cccs2)ccc(NC(=O)OCc2ccccc2)c1=O. The number of rotatable bonds is 6. The summed E-state index contributed by atoms with van der Waals surface area (Å²) >= 11 is 1.46. The summed E-state index contributed by atoms with van der Waals surface area (Å²) in [7, 11) is 0. The van der Waals surface area contributed by atoms with Crippen molar-refractivity contribution in [2.24, 2.45) is 0 Å². The van der Waals surface area contributed by atoms with Gasteiger partial charge in [-0.15, -0.1) is 11.3 Å². The minimum absolute atomic E-state index is 0.0604. The standard InChI is InChI=1S/C19H16N2O4S/c22-11-10-21-16(17-7-4-12-26-17)9-8-15(18(21)23)20-19(24)25-13-14-5-2-1-3-6-14/h1-9,11-12H,10,13H2,(H,20,24). The fourth-order valence-corrected chi connectivity index (χ4v) is 3.20. The Morgan fingerprint density at radius 3 is 2.62 bits per heavy atom. The quantitative estimate of drug-likeness (QED) is 0.675. The third-order valence-corrected chi connectivity index (χ3v) is 4.55. The number of amides is 1. The number of hydrogen-bond donors (Lipinski definition) is 1. The third kappa shape index (κ3) is 4.07. The normalized spacial score (nSPS) is 10.3. The number of ether oxygens (including phenoxy) is 1. The molecular weight excluding hydrogens is 352 g/mol. The van der Waals surface area contributed by atoms with Gasteiger partial charge in [0.25, 0.3) is 5.56 Å². The molecular formula is C19H16N2O4S. The Labute approximate surface area is 153 Å². The monoisotopic (exact) mass is 368 g/mol. The summed E-state index contributed by atoms with van der Waals surface area (Å²) in [5, 5.41) is 4.33. The summed E-state index contributed by atoms with van der Waals surface area (Å²) in [6.07, 6.45) is -0.0804. The number of carbonyl (C=O) groups excluding carboxylic acids is 2. The zero-order valence-electron chi connectivity index (χ0n) is 13.8. The second-order valence-corrected chi connectivity index (χ2v) is 6.33. The van der Waals surface area contributed by atoms with Gasteiger partial charge in [-0.1, -0.05) is 36.4 Å². The summed E-state index contributed by atoms with van der Waals surface area (Å²) in [6, 6.07) is 16.2. The first-order valence-electron chi connectivity index (χ1n) is 7.88. The van der Waals surface area contributed by atoms with E-state index in [4.69, 9.17) is 4.74 Å². The van der Waals surface area contributed by atoms with Crippen LogP contribution in [0.15, 0.2) is 64.8 Å². The minimum atomic E-state index is -0.729. The highest BCUT2D eigenvalue weighted by Crippen LogP contribution is 2.24. The van der Waals surface area contributed by atoms with Crippen LogP contribution in [0.1, 0.15) is 5.56 Å². The van der Waals surface area contributed by atoms with E-state index >= 15 is 0 Å². The molecule has 1 N–H and O–H groups in total. The average molecular weight is 368 g/mol. The lowest BCUT2D eigenvalue weighted by Crippen LogP contribution is -2.27. The van der Waals surface area contributed by atoms with Crippen molar-refractivity contribution in [1.29, 1.82) is 0 Å². The molecule has 2 aromatic heterocycles. The summed E-state index contributed by atoms with van der Waals surface area (Å²) in [4.78, 5) is 36.4. The maximum atomic E-state index is 12.6. The van der Waals surface area contributed by atoms with E-state index < -0.39 is 11.7 Å². The number of benzene rings is 1. The van der Waals surface area contributed by atoms with Crippen LogP contribution >= 0.6 is 11.3 Å². The molecule has 0 fully saturated rings. The molecule has 2 heterocycles. The molecule has 0 aliphatic rings. The molecule has 0 aliphatic carbocycles. The van der Waals surface area contributed by atoms with E-state index in [2.05, 4.69) is 5.32 Å². The lowest BCUT2D eigenvalue weighted by Gasteiger charge is -2.12. The lowest BCUT2D eigenvalue weighted by molar-refractivity contribution is -0.108. The van der Waals surface area contributed by atoms with E-state index in [0.717, 1.165) is 10.4 Å². The number of pyridine rings is 1. The molecule has 0 spiro atoms. The van der Waals surface area contributed by atoms with Gasteiger partial charge < -0.3 is 9.53 Å². The predicted octanol–water partition coefficient (Wildman–Crippen LogP) is 3.52. The smallest absolute Gasteiger partial charge is 0.412 e. The fraction of sp³-hybridized carbons (Fsp3) is 0.105. The summed E-state index contributed by atoms with van der Waals surface area (Å²) < 4.78 is 6.45. The molecule has 0 atom stereocenters. The molecule has 0 radical (unpaired) electrons. The van der Waals surface area contributed by atoms with Crippen LogP contribution in [0.25, 0.3) is 10.6 Å². The molecule has 3 aromatic rings. The van der Waals surface area contributed by atoms with E-state index in [1.165, 1.54) is 22.0 Å². The van der Waals surface area contributed by atoms with Crippen LogP contribution in [0.4, 0.5) is 10.5 Å². The molecule has 3 rings (SSSR count). The first-order valence-corrected chi connectivity index (χ1v) is 8.76. The summed E-state index contributed by atoms with van der Waals surface area (Å²) in [6.45, 7) is 0.00311. The highest BCUT2D eigenvalue weighted by molar-refractivity contribution is 7.13. The second-order valence-electron chi connectivity index (χ2n) is 5.38. The molecule has 1 amide bonds. The van der Waals surface area contributed by atoms with Crippen molar-refractivity contribution in [2.45, 2.75) is 13.2 Å². The van der Waals surface area contributed by atoms with Crippen LogP contribution < -0.4 is 10.9 Å². The Hall–Kier alpha value is -3.19. The first kappa shape index (κ1) is 17.6. The third-order valence-electron chi connectivity index (χ3n) is 3.65. The van der Waals surface area contributed by atoms with Gasteiger partial charge in [-0.05, 0) is 29.1 Å². The van der Waals surface area contributed by atoms with Crippen LogP contribution in [-0.4, -0.2) is 16.9 Å². The number of hydrogen-bond acceptors (Lipinski definition) is 5. The molecule has 132 valence electrons. The van der Waals surface area contributed by atoms with Crippen molar-refractivity contribution < 1.29 is 14.3 Å². The maximum Gasteiger partial charge on any atom is 0.412 e. The van der Waals surface area contributed by atoms with Crippen LogP contribution in [0.2, 0.25) is 0 Å². The number of aldehydes is 1. The number of nitrogens with zero attached hydrogens (tertiary/aromatic N) is 1. The van der Waals surface area contributed by atoms with Crippen molar-refractivity contribution >= 4 is 29.4 Å². The lowest BCUT2D eigenvalue weighted by atomic mass is 10.2. The van der Waals surface area contributed by atoms with E-state index in [1.807, 2.05) is 47.8 Å². The summed E-state index contributed by atoms with van der Waals surface area (Å²) in [5.41, 5.74) is 1.07. The molecule has 0 unspecified atom stereocenters. The van der Waals surface area contributed by atoms with Gasteiger partial charge in [0.05, 0.1) is 17.1 Å². The summed E-state index contributed by atoms with van der Waals surface area (Å²) in [5.74, 6) is 0. The van der Waals surface area contributed by atoms with Gasteiger partial charge in [-0.2, -0.15) is 0 Å². The predicted molar refractivity (Wildman–Crippen MR) is 100 cm³/mol. The molecule has 0 saturated carbocycles. The van der Waals surface area contributed by atoms with Gasteiger partial charge in [0.2, 0.25) is 0 Å². The van der Waals surface area contributed by atoms with Gasteiger partial charge in [-0.25, -0.2) is 4.79 Å². The Kier molecular flexibility index (Phi) is 5.60. The van der Waals surface area contributed by atoms with E-state index in [-0.39, 0.29) is 18.8 Å². The Bertz CT molecular complexity index is 949. The minimum Gasteiger partial charge on any atom is -0.444 e. The number of aromatic nitrogens is 1. The highest BCUT2D eigenvalue weighted by Gasteiger charge is 2.13. The molecule has 6 nitrogen and oxygen atoms in total. The van der Waals surface area contributed by atoms with Crippen molar-refractivity contribution in [3.63, 3.8) is 0 Å². The average Bonchev–Trinajstić information content (AvgIpc) is 3.19. The molecule has 0 saturated heterocycles. The van der Waals surface area contributed by atoms with Crippen molar-refractivity contribution in [1.82, 2.24) is 4.57 Å². The number of carbonyl (C=O) groups is 2.